The summed E-state index contributed by atoms with van der Waals surface area (Å²) in [5.41, 5.74) is 1.01. The Morgan fingerprint density at radius 2 is 2.19 bits per heavy atom. The predicted octanol–water partition coefficient (Wildman–Crippen LogP) is 4.87. The van der Waals surface area contributed by atoms with Gasteiger partial charge in [0.2, 0.25) is 0 Å². The van der Waals surface area contributed by atoms with E-state index in [2.05, 4.69) is 6.07 Å². The van der Waals surface area contributed by atoms with Crippen LogP contribution in [0.5, 0.6) is 5.75 Å². The zero-order chi connectivity index (χ0) is 18.8. The lowest BCUT2D eigenvalue weighted by atomic mass is 9.99. The Labute approximate surface area is 165 Å². The highest BCUT2D eigenvalue weighted by molar-refractivity contribution is 7.18. The van der Waals surface area contributed by atoms with Crippen LogP contribution in [0.4, 0.5) is 4.39 Å². The molecule has 0 bridgehead atoms. The number of benzene rings is 2. The molecular weight excluding hydrogens is 387 g/mol. The first kappa shape index (κ1) is 18.2. The average molecular weight is 405 g/mol. The Morgan fingerprint density at radius 1 is 1.33 bits per heavy atom. The van der Waals surface area contributed by atoms with E-state index in [1.54, 1.807) is 11.3 Å². The number of halogens is 2. The maximum Gasteiger partial charge on any atom is 0.260 e. The van der Waals surface area contributed by atoms with Crippen LogP contribution >= 0.6 is 22.9 Å². The average Bonchev–Trinajstić information content (AvgIpc) is 3.11. The number of carbonyl (C=O) groups excluding carboxylic acids is 1. The molecule has 27 heavy (non-hydrogen) atoms. The van der Waals surface area contributed by atoms with Crippen LogP contribution in [0.25, 0.3) is 10.2 Å². The topological polar surface area (TPSA) is 42.4 Å². The number of fused-ring (bicyclic) bond motifs is 1. The van der Waals surface area contributed by atoms with Gasteiger partial charge in [0.15, 0.2) is 6.61 Å². The lowest BCUT2D eigenvalue weighted by Gasteiger charge is -2.31. The summed E-state index contributed by atoms with van der Waals surface area (Å²) >= 11 is 7.64. The Balaban J connectivity index is 1.40. The van der Waals surface area contributed by atoms with Gasteiger partial charge in [-0.3, -0.25) is 4.79 Å². The first-order chi connectivity index (χ1) is 13.1. The number of likely N-dealkylation sites (tertiary alicyclic amines) is 1. The maximum atomic E-state index is 13.1. The van der Waals surface area contributed by atoms with Gasteiger partial charge in [0.05, 0.1) is 20.2 Å². The lowest BCUT2D eigenvalue weighted by Crippen LogP contribution is -2.41. The van der Waals surface area contributed by atoms with Gasteiger partial charge in [0.1, 0.15) is 11.6 Å². The second kappa shape index (κ2) is 7.82. The first-order valence-electron chi connectivity index (χ1n) is 8.81. The van der Waals surface area contributed by atoms with E-state index in [4.69, 9.17) is 21.3 Å². The molecule has 1 saturated heterocycles. The van der Waals surface area contributed by atoms with Gasteiger partial charge in [-0.15, -0.1) is 11.3 Å². The van der Waals surface area contributed by atoms with Gasteiger partial charge in [0.25, 0.3) is 5.91 Å². The Kier molecular flexibility index (Phi) is 5.27. The summed E-state index contributed by atoms with van der Waals surface area (Å²) in [4.78, 5) is 19.1. The van der Waals surface area contributed by atoms with E-state index < -0.39 is 5.82 Å². The van der Waals surface area contributed by atoms with Gasteiger partial charge >= 0.3 is 0 Å². The van der Waals surface area contributed by atoms with Gasteiger partial charge < -0.3 is 9.64 Å². The third-order valence-electron chi connectivity index (χ3n) is 4.68. The lowest BCUT2D eigenvalue weighted by molar-refractivity contribution is -0.134. The summed E-state index contributed by atoms with van der Waals surface area (Å²) in [7, 11) is 0. The predicted molar refractivity (Wildman–Crippen MR) is 105 cm³/mol. The molecular formula is C20H18ClFN2O2S. The number of ether oxygens (including phenoxy) is 1. The van der Waals surface area contributed by atoms with Crippen LogP contribution in [0.3, 0.4) is 0 Å². The molecule has 1 aliphatic heterocycles. The molecule has 2 heterocycles. The maximum absolute atomic E-state index is 13.1. The van der Waals surface area contributed by atoms with Gasteiger partial charge in [0, 0.05) is 19.0 Å². The van der Waals surface area contributed by atoms with Gasteiger partial charge in [-0.25, -0.2) is 9.37 Å². The minimum absolute atomic E-state index is 0.0961. The van der Waals surface area contributed by atoms with Crippen molar-refractivity contribution in [3.8, 4) is 5.75 Å². The Morgan fingerprint density at radius 3 is 3.00 bits per heavy atom. The second-order valence-electron chi connectivity index (χ2n) is 6.56. The van der Waals surface area contributed by atoms with Crippen molar-refractivity contribution in [3.05, 3.63) is 58.3 Å². The third kappa shape index (κ3) is 4.06. The summed E-state index contributed by atoms with van der Waals surface area (Å²) in [6.07, 6.45) is 1.96. The van der Waals surface area contributed by atoms with Crippen LogP contribution in [-0.2, 0) is 4.79 Å². The van der Waals surface area contributed by atoms with Crippen LogP contribution in [0, 0.1) is 5.82 Å². The largest absolute Gasteiger partial charge is 0.482 e. The highest BCUT2D eigenvalue weighted by Gasteiger charge is 2.27. The SMILES string of the molecule is O=C(COc1ccc(F)cc1Cl)N1CCC[C@H](c2nc3ccccc3s2)C1. The summed E-state index contributed by atoms with van der Waals surface area (Å²) in [6, 6.07) is 12.0. The van der Waals surface area contributed by atoms with Crippen molar-refractivity contribution < 1.29 is 13.9 Å². The minimum atomic E-state index is -0.437. The molecule has 1 aromatic heterocycles. The minimum Gasteiger partial charge on any atom is -0.482 e. The second-order valence-corrected chi connectivity index (χ2v) is 8.03. The van der Waals surface area contributed by atoms with E-state index >= 15 is 0 Å². The van der Waals surface area contributed by atoms with Crippen LogP contribution in [0.2, 0.25) is 5.02 Å². The molecule has 0 spiro atoms. The molecule has 0 N–H and O–H groups in total. The van der Waals surface area contributed by atoms with Gasteiger partial charge in [-0.05, 0) is 43.2 Å². The van der Waals surface area contributed by atoms with Crippen molar-refractivity contribution in [3.63, 3.8) is 0 Å². The molecule has 2 aromatic carbocycles. The molecule has 7 heteroatoms. The standard InChI is InChI=1S/C20H18ClFN2O2S/c21-15-10-14(22)7-8-17(15)26-12-19(25)24-9-3-4-13(11-24)20-23-16-5-1-2-6-18(16)27-20/h1-2,5-8,10,13H,3-4,9,11-12H2/t13-/m0/s1. The quantitative estimate of drug-likeness (QED) is 0.622. The van der Waals surface area contributed by atoms with Crippen molar-refractivity contribution in [2.24, 2.45) is 0 Å². The van der Waals surface area contributed by atoms with Crippen LogP contribution in [-0.4, -0.2) is 35.5 Å². The molecule has 0 radical (unpaired) electrons. The number of thiazole rings is 1. The van der Waals surface area contributed by atoms with E-state index in [9.17, 15) is 9.18 Å². The molecule has 0 unspecified atom stereocenters. The van der Waals surface area contributed by atoms with Crippen molar-refractivity contribution in [2.45, 2.75) is 18.8 Å². The number of hydrogen-bond acceptors (Lipinski definition) is 4. The summed E-state index contributed by atoms with van der Waals surface area (Å²) in [6.45, 7) is 1.23. The molecule has 0 aliphatic carbocycles. The van der Waals surface area contributed by atoms with Gasteiger partial charge in [-0.1, -0.05) is 23.7 Å². The van der Waals surface area contributed by atoms with E-state index in [1.165, 1.54) is 22.9 Å². The zero-order valence-electron chi connectivity index (χ0n) is 14.5. The Bertz CT molecular complexity index is 945. The van der Waals surface area contributed by atoms with E-state index in [-0.39, 0.29) is 23.5 Å². The van der Waals surface area contributed by atoms with Crippen molar-refractivity contribution in [2.75, 3.05) is 19.7 Å². The molecule has 1 amide bonds. The van der Waals surface area contributed by atoms with Gasteiger partial charge in [-0.2, -0.15) is 0 Å². The summed E-state index contributed by atoms with van der Waals surface area (Å²) < 4.78 is 19.8. The van der Waals surface area contributed by atoms with Crippen LogP contribution < -0.4 is 4.74 Å². The number of aromatic nitrogens is 1. The molecule has 1 aliphatic rings. The molecule has 140 valence electrons. The normalized spacial score (nSPS) is 17.3. The molecule has 4 nitrogen and oxygen atoms in total. The fourth-order valence-corrected chi connectivity index (χ4v) is 4.61. The van der Waals surface area contributed by atoms with Crippen LogP contribution in [0.1, 0.15) is 23.8 Å². The zero-order valence-corrected chi connectivity index (χ0v) is 16.1. The fraction of sp³-hybridized carbons (Fsp3) is 0.300. The molecule has 4 rings (SSSR count). The number of rotatable bonds is 4. The number of piperidine rings is 1. The van der Waals surface area contributed by atoms with E-state index in [0.29, 0.717) is 18.8 Å². The summed E-state index contributed by atoms with van der Waals surface area (Å²) in [5, 5.41) is 1.24. The Hall–Kier alpha value is -2.18. The molecule has 3 aromatic rings. The van der Waals surface area contributed by atoms with Crippen molar-refractivity contribution in [1.29, 1.82) is 0 Å². The number of nitrogens with zero attached hydrogens (tertiary/aromatic N) is 2. The highest BCUT2D eigenvalue weighted by Crippen LogP contribution is 2.33. The fourth-order valence-electron chi connectivity index (χ4n) is 3.29. The number of hydrogen-bond donors (Lipinski definition) is 0. The van der Waals surface area contributed by atoms with Crippen molar-refractivity contribution >= 4 is 39.1 Å². The molecule has 1 atom stereocenters. The smallest absolute Gasteiger partial charge is 0.260 e. The monoisotopic (exact) mass is 404 g/mol. The first-order valence-corrected chi connectivity index (χ1v) is 10.0. The number of carbonyl (C=O) groups is 1. The van der Waals surface area contributed by atoms with E-state index in [1.807, 2.05) is 23.1 Å². The van der Waals surface area contributed by atoms with Crippen LogP contribution in [0.15, 0.2) is 42.5 Å². The summed E-state index contributed by atoms with van der Waals surface area (Å²) in [5.74, 6) is 0.0234. The van der Waals surface area contributed by atoms with Crippen molar-refractivity contribution in [1.82, 2.24) is 9.88 Å². The molecule has 0 saturated carbocycles. The third-order valence-corrected chi connectivity index (χ3v) is 6.17. The number of para-hydroxylation sites is 1. The number of amides is 1. The highest BCUT2D eigenvalue weighted by atomic mass is 35.5. The molecule has 1 fully saturated rings. The van der Waals surface area contributed by atoms with E-state index in [0.717, 1.165) is 23.4 Å².